The fourth-order valence-electron chi connectivity index (χ4n) is 2.56. The molecule has 1 fully saturated rings. The number of nitrogens with one attached hydrogen (secondary N) is 1. The van der Waals surface area contributed by atoms with Crippen LogP contribution in [0.4, 0.5) is 13.2 Å². The molecule has 0 amide bonds. The molecule has 0 saturated carbocycles. The average molecular weight is 290 g/mol. The Balaban J connectivity index is 1.64. The molecule has 0 aliphatic carbocycles. The van der Waals surface area contributed by atoms with Gasteiger partial charge < -0.3 is 14.6 Å². The fourth-order valence-corrected chi connectivity index (χ4v) is 2.56. The molecule has 0 aromatic carbocycles. The Bertz CT molecular complexity index is 384. The van der Waals surface area contributed by atoms with Gasteiger partial charge in [0.15, 0.2) is 0 Å². The second-order valence-electron chi connectivity index (χ2n) is 5.35. The lowest BCUT2D eigenvalue weighted by molar-refractivity contribution is -0.184. The van der Waals surface area contributed by atoms with Crippen LogP contribution in [0.1, 0.15) is 31.6 Å². The van der Waals surface area contributed by atoms with E-state index in [0.717, 1.165) is 18.8 Å². The molecule has 20 heavy (non-hydrogen) atoms. The molecular formula is C14H21F3N2O. The first-order chi connectivity index (χ1) is 9.47. The van der Waals surface area contributed by atoms with Gasteiger partial charge in [-0.15, -0.1) is 0 Å². The van der Waals surface area contributed by atoms with Gasteiger partial charge in [-0.25, -0.2) is 0 Å². The molecule has 1 aliphatic heterocycles. The summed E-state index contributed by atoms with van der Waals surface area (Å²) in [6.45, 7) is 4.59. The second-order valence-corrected chi connectivity index (χ2v) is 5.35. The Labute approximate surface area is 117 Å². The molecule has 1 saturated heterocycles. The van der Waals surface area contributed by atoms with E-state index in [1.165, 1.54) is 0 Å². The molecule has 2 heterocycles. The van der Waals surface area contributed by atoms with Crippen LogP contribution in [0.25, 0.3) is 0 Å². The van der Waals surface area contributed by atoms with Crippen LogP contribution >= 0.6 is 0 Å². The fraction of sp³-hybridized carbons (Fsp3) is 0.714. The van der Waals surface area contributed by atoms with Crippen molar-refractivity contribution in [1.82, 2.24) is 10.2 Å². The van der Waals surface area contributed by atoms with Crippen LogP contribution in [0.2, 0.25) is 0 Å². The van der Waals surface area contributed by atoms with Gasteiger partial charge in [-0.1, -0.05) is 0 Å². The Morgan fingerprint density at radius 1 is 1.40 bits per heavy atom. The van der Waals surface area contributed by atoms with Gasteiger partial charge in [-0.2, -0.15) is 13.2 Å². The molecule has 1 aromatic rings. The van der Waals surface area contributed by atoms with Crippen molar-refractivity contribution in [2.24, 2.45) is 5.92 Å². The molecular weight excluding hydrogens is 269 g/mol. The number of alkyl halides is 3. The first-order valence-electron chi connectivity index (χ1n) is 7.02. The highest BCUT2D eigenvalue weighted by atomic mass is 19.4. The van der Waals surface area contributed by atoms with Crippen LogP contribution in [0.5, 0.6) is 0 Å². The minimum Gasteiger partial charge on any atom is -0.468 e. The van der Waals surface area contributed by atoms with Gasteiger partial charge >= 0.3 is 6.18 Å². The van der Waals surface area contributed by atoms with Gasteiger partial charge in [-0.3, -0.25) is 0 Å². The number of piperidine rings is 1. The normalized spacial score (nSPS) is 20.2. The number of furan rings is 1. The van der Waals surface area contributed by atoms with Crippen LogP contribution in [0.15, 0.2) is 22.8 Å². The molecule has 0 spiro atoms. The lowest BCUT2D eigenvalue weighted by Gasteiger charge is -2.33. The summed E-state index contributed by atoms with van der Waals surface area (Å²) in [7, 11) is 0. The van der Waals surface area contributed by atoms with Crippen LogP contribution in [-0.2, 0) is 0 Å². The molecule has 3 nitrogen and oxygen atoms in total. The lowest BCUT2D eigenvalue weighted by Crippen LogP contribution is -2.41. The molecule has 0 radical (unpaired) electrons. The summed E-state index contributed by atoms with van der Waals surface area (Å²) < 4.78 is 42.9. The van der Waals surface area contributed by atoms with Crippen LogP contribution < -0.4 is 5.32 Å². The Morgan fingerprint density at radius 3 is 2.65 bits per heavy atom. The average Bonchev–Trinajstić information content (AvgIpc) is 2.92. The quantitative estimate of drug-likeness (QED) is 0.902. The molecule has 114 valence electrons. The largest absolute Gasteiger partial charge is 0.468 e. The Hall–Kier alpha value is -1.01. The van der Waals surface area contributed by atoms with E-state index in [9.17, 15) is 13.2 Å². The van der Waals surface area contributed by atoms with Crippen molar-refractivity contribution < 1.29 is 17.6 Å². The first-order valence-corrected chi connectivity index (χ1v) is 7.02. The molecule has 2 rings (SSSR count). The predicted octanol–water partition coefficient (Wildman–Crippen LogP) is 3.20. The summed E-state index contributed by atoms with van der Waals surface area (Å²) in [5, 5.41) is 3.32. The maximum Gasteiger partial charge on any atom is 0.391 e. The molecule has 1 atom stereocenters. The SMILES string of the molecule is CC(NCCN1CCC(C(F)(F)F)CC1)c1ccco1. The third-order valence-electron chi connectivity index (χ3n) is 3.90. The standard InChI is InChI=1S/C14H21F3N2O/c1-11(13-3-2-10-20-13)18-6-9-19-7-4-12(5-8-19)14(15,16)17/h2-3,10-12,18H,4-9H2,1H3. The first kappa shape index (κ1) is 15.4. The summed E-state index contributed by atoms with van der Waals surface area (Å²) in [6.07, 6.45) is -1.96. The Morgan fingerprint density at radius 2 is 2.10 bits per heavy atom. The van der Waals surface area contributed by atoms with E-state index in [0.29, 0.717) is 13.1 Å². The predicted molar refractivity (Wildman–Crippen MR) is 70.3 cm³/mol. The van der Waals surface area contributed by atoms with Crippen molar-refractivity contribution >= 4 is 0 Å². The summed E-state index contributed by atoms with van der Waals surface area (Å²) in [4.78, 5) is 2.09. The minimum absolute atomic E-state index is 0.123. The van der Waals surface area contributed by atoms with Crippen molar-refractivity contribution in [1.29, 1.82) is 0 Å². The van der Waals surface area contributed by atoms with Gasteiger partial charge in [-0.05, 0) is 45.0 Å². The number of rotatable bonds is 5. The molecule has 1 N–H and O–H groups in total. The van der Waals surface area contributed by atoms with Crippen molar-refractivity contribution in [2.45, 2.75) is 32.0 Å². The number of likely N-dealkylation sites (tertiary alicyclic amines) is 1. The summed E-state index contributed by atoms with van der Waals surface area (Å²) in [5.41, 5.74) is 0. The van der Waals surface area contributed by atoms with Gasteiger partial charge in [0.05, 0.1) is 18.2 Å². The van der Waals surface area contributed by atoms with E-state index < -0.39 is 12.1 Å². The van der Waals surface area contributed by atoms with Gasteiger partial charge in [0.2, 0.25) is 0 Å². The third-order valence-corrected chi connectivity index (χ3v) is 3.90. The highest BCUT2D eigenvalue weighted by Crippen LogP contribution is 2.33. The maximum absolute atomic E-state index is 12.5. The lowest BCUT2D eigenvalue weighted by atomic mass is 9.96. The van der Waals surface area contributed by atoms with Crippen LogP contribution in [-0.4, -0.2) is 37.3 Å². The number of halogens is 3. The monoisotopic (exact) mass is 290 g/mol. The molecule has 1 aliphatic rings. The van der Waals surface area contributed by atoms with Gasteiger partial charge in [0.25, 0.3) is 0 Å². The molecule has 1 aromatic heterocycles. The summed E-state index contributed by atoms with van der Waals surface area (Å²) >= 11 is 0. The molecule has 1 unspecified atom stereocenters. The topological polar surface area (TPSA) is 28.4 Å². The number of nitrogens with zero attached hydrogens (tertiary/aromatic N) is 1. The van der Waals surface area contributed by atoms with E-state index in [4.69, 9.17) is 4.42 Å². The highest BCUT2D eigenvalue weighted by Gasteiger charge is 2.40. The van der Waals surface area contributed by atoms with Gasteiger partial charge in [0.1, 0.15) is 5.76 Å². The molecule has 6 heteroatoms. The van der Waals surface area contributed by atoms with Crippen LogP contribution in [0.3, 0.4) is 0 Å². The zero-order chi connectivity index (χ0) is 14.6. The Kier molecular flexibility index (Phi) is 5.10. The van der Waals surface area contributed by atoms with E-state index in [1.807, 2.05) is 19.1 Å². The van der Waals surface area contributed by atoms with E-state index in [-0.39, 0.29) is 18.9 Å². The van der Waals surface area contributed by atoms with Crippen molar-refractivity contribution in [3.05, 3.63) is 24.2 Å². The van der Waals surface area contributed by atoms with Gasteiger partial charge in [0, 0.05) is 13.1 Å². The zero-order valence-electron chi connectivity index (χ0n) is 11.6. The smallest absolute Gasteiger partial charge is 0.391 e. The van der Waals surface area contributed by atoms with Crippen molar-refractivity contribution in [3.8, 4) is 0 Å². The minimum atomic E-state index is -4.03. The van der Waals surface area contributed by atoms with E-state index in [2.05, 4.69) is 10.2 Å². The van der Waals surface area contributed by atoms with E-state index >= 15 is 0 Å². The highest BCUT2D eigenvalue weighted by molar-refractivity contribution is 5.02. The van der Waals surface area contributed by atoms with E-state index in [1.54, 1.807) is 6.26 Å². The van der Waals surface area contributed by atoms with Crippen molar-refractivity contribution in [3.63, 3.8) is 0 Å². The third kappa shape index (κ3) is 4.24. The maximum atomic E-state index is 12.5. The summed E-state index contributed by atoms with van der Waals surface area (Å²) in [6, 6.07) is 3.87. The molecule has 0 bridgehead atoms. The summed E-state index contributed by atoms with van der Waals surface area (Å²) in [5.74, 6) is -0.241. The second kappa shape index (κ2) is 6.63. The van der Waals surface area contributed by atoms with Crippen molar-refractivity contribution in [2.75, 3.05) is 26.2 Å². The number of hydrogen-bond donors (Lipinski definition) is 1. The van der Waals surface area contributed by atoms with Crippen LogP contribution in [0, 0.1) is 5.92 Å². The number of hydrogen-bond acceptors (Lipinski definition) is 3. The zero-order valence-corrected chi connectivity index (χ0v) is 11.6.